The topological polar surface area (TPSA) is 91.4 Å². The van der Waals surface area contributed by atoms with E-state index >= 15 is 0 Å². The summed E-state index contributed by atoms with van der Waals surface area (Å²) in [5.74, 6) is 0.297. The molecule has 0 aliphatic heterocycles. The predicted octanol–water partition coefficient (Wildman–Crippen LogP) is 2.86. The lowest BCUT2D eigenvalue weighted by molar-refractivity contribution is 0.404. The van der Waals surface area contributed by atoms with Gasteiger partial charge in [0.2, 0.25) is 5.82 Å². The van der Waals surface area contributed by atoms with E-state index in [0.29, 0.717) is 17.3 Å². The van der Waals surface area contributed by atoms with Crippen molar-refractivity contribution in [2.45, 2.75) is 0 Å². The Morgan fingerprint density at radius 3 is 2.62 bits per heavy atom. The molecular weight excluding hydrogens is 270 g/mol. The summed E-state index contributed by atoms with van der Waals surface area (Å²) in [5, 5.41) is 25.8. The van der Waals surface area contributed by atoms with Crippen LogP contribution in [0, 0.1) is 0 Å². The fourth-order valence-corrected chi connectivity index (χ4v) is 2.00. The molecule has 6 nitrogen and oxygen atoms in total. The van der Waals surface area contributed by atoms with Crippen molar-refractivity contribution in [1.29, 1.82) is 0 Å². The van der Waals surface area contributed by atoms with Crippen molar-refractivity contribution in [3.8, 4) is 34.3 Å². The second-order valence-electron chi connectivity index (χ2n) is 4.42. The van der Waals surface area contributed by atoms with Crippen LogP contribution in [0.4, 0.5) is 5.69 Å². The molecule has 3 N–H and O–H groups in total. The highest BCUT2D eigenvalue weighted by atomic mass is 16.5. The van der Waals surface area contributed by atoms with Crippen molar-refractivity contribution >= 4 is 5.69 Å². The van der Waals surface area contributed by atoms with Crippen molar-refractivity contribution in [3.63, 3.8) is 0 Å². The molecule has 0 bridgehead atoms. The van der Waals surface area contributed by atoms with E-state index in [1.54, 1.807) is 6.07 Å². The number of anilines is 1. The average Bonchev–Trinajstić information content (AvgIpc) is 2.99. The second kappa shape index (κ2) is 5.16. The Morgan fingerprint density at radius 2 is 1.86 bits per heavy atom. The molecular formula is C15H13N3O3. The fraction of sp³-hybridized carbons (Fsp3) is 0.0667. The molecule has 0 saturated carbocycles. The molecule has 3 aromatic rings. The Morgan fingerprint density at radius 1 is 1.05 bits per heavy atom. The first-order chi connectivity index (χ1) is 10.2. The van der Waals surface area contributed by atoms with Gasteiger partial charge in [-0.2, -0.15) is 4.98 Å². The third kappa shape index (κ3) is 2.38. The molecule has 21 heavy (non-hydrogen) atoms. The number of para-hydroxylation sites is 1. The number of phenolic OH excluding ortho intramolecular Hbond substituents is 2. The Hall–Kier alpha value is -3.02. The highest BCUT2D eigenvalue weighted by Crippen LogP contribution is 2.31. The van der Waals surface area contributed by atoms with E-state index < -0.39 is 0 Å². The maximum Gasteiger partial charge on any atom is 0.260 e. The standard InChI is InChI=1S/C15H13N3O3/c1-16-11-5-3-2-4-10(11)15-17-14(18-21-15)9-6-7-12(19)13(20)8-9/h2-8,16,19-20H,1H3. The van der Waals surface area contributed by atoms with Crippen molar-refractivity contribution < 1.29 is 14.7 Å². The molecule has 0 unspecified atom stereocenters. The zero-order valence-corrected chi connectivity index (χ0v) is 11.2. The third-order valence-corrected chi connectivity index (χ3v) is 3.09. The average molecular weight is 283 g/mol. The van der Waals surface area contributed by atoms with Gasteiger partial charge in [-0.1, -0.05) is 17.3 Å². The van der Waals surface area contributed by atoms with Gasteiger partial charge in [-0.05, 0) is 30.3 Å². The van der Waals surface area contributed by atoms with Crippen LogP contribution in [-0.4, -0.2) is 27.4 Å². The molecule has 3 rings (SSSR count). The van der Waals surface area contributed by atoms with Gasteiger partial charge < -0.3 is 20.1 Å². The first-order valence-corrected chi connectivity index (χ1v) is 6.32. The summed E-state index contributed by atoms with van der Waals surface area (Å²) >= 11 is 0. The molecule has 1 heterocycles. The van der Waals surface area contributed by atoms with Crippen molar-refractivity contribution in [2.75, 3.05) is 12.4 Å². The maximum absolute atomic E-state index is 9.52. The molecule has 1 aromatic heterocycles. The lowest BCUT2D eigenvalue weighted by atomic mass is 10.1. The van der Waals surface area contributed by atoms with Gasteiger partial charge in [-0.3, -0.25) is 0 Å². The van der Waals surface area contributed by atoms with Gasteiger partial charge in [0.25, 0.3) is 5.89 Å². The molecule has 0 fully saturated rings. The number of benzene rings is 2. The van der Waals surface area contributed by atoms with Gasteiger partial charge in [0, 0.05) is 18.3 Å². The first-order valence-electron chi connectivity index (χ1n) is 6.32. The summed E-state index contributed by atoms with van der Waals surface area (Å²) in [7, 11) is 1.81. The molecule has 6 heteroatoms. The normalized spacial score (nSPS) is 10.5. The number of aromatic hydroxyl groups is 2. The van der Waals surface area contributed by atoms with E-state index in [-0.39, 0.29) is 11.5 Å². The minimum atomic E-state index is -0.227. The zero-order chi connectivity index (χ0) is 14.8. The molecule has 106 valence electrons. The molecule has 0 amide bonds. The molecule has 0 saturated heterocycles. The number of hydrogen-bond acceptors (Lipinski definition) is 6. The number of rotatable bonds is 3. The quantitative estimate of drug-likeness (QED) is 0.640. The number of aromatic nitrogens is 2. The predicted molar refractivity (Wildman–Crippen MR) is 78.0 cm³/mol. The Bertz CT molecular complexity index is 783. The van der Waals surface area contributed by atoms with Crippen LogP contribution in [0.5, 0.6) is 11.5 Å². The van der Waals surface area contributed by atoms with Gasteiger partial charge in [-0.25, -0.2) is 0 Å². The molecule has 0 spiro atoms. The van der Waals surface area contributed by atoms with E-state index in [2.05, 4.69) is 15.5 Å². The van der Waals surface area contributed by atoms with Gasteiger partial charge in [0.05, 0.1) is 5.56 Å². The van der Waals surface area contributed by atoms with E-state index in [4.69, 9.17) is 4.52 Å². The smallest absolute Gasteiger partial charge is 0.260 e. The van der Waals surface area contributed by atoms with Crippen LogP contribution in [-0.2, 0) is 0 Å². The van der Waals surface area contributed by atoms with Crippen LogP contribution in [0.1, 0.15) is 0 Å². The van der Waals surface area contributed by atoms with E-state index in [1.165, 1.54) is 12.1 Å². The van der Waals surface area contributed by atoms with Crippen molar-refractivity contribution in [2.24, 2.45) is 0 Å². The van der Waals surface area contributed by atoms with E-state index in [9.17, 15) is 10.2 Å². The largest absolute Gasteiger partial charge is 0.504 e. The van der Waals surface area contributed by atoms with E-state index in [1.807, 2.05) is 31.3 Å². The Balaban J connectivity index is 2.01. The first kappa shape index (κ1) is 13.0. The third-order valence-electron chi connectivity index (χ3n) is 3.09. The number of nitrogens with zero attached hydrogens (tertiary/aromatic N) is 2. The lowest BCUT2D eigenvalue weighted by Gasteiger charge is -2.03. The monoisotopic (exact) mass is 283 g/mol. The minimum absolute atomic E-state index is 0.192. The summed E-state index contributed by atoms with van der Waals surface area (Å²) in [5.41, 5.74) is 2.23. The van der Waals surface area contributed by atoms with Crippen LogP contribution in [0.25, 0.3) is 22.8 Å². The highest BCUT2D eigenvalue weighted by Gasteiger charge is 2.14. The van der Waals surface area contributed by atoms with Gasteiger partial charge in [-0.15, -0.1) is 0 Å². The fourth-order valence-electron chi connectivity index (χ4n) is 2.00. The summed E-state index contributed by atoms with van der Waals surface area (Å²) in [6.07, 6.45) is 0. The molecule has 0 aliphatic rings. The molecule has 0 radical (unpaired) electrons. The second-order valence-corrected chi connectivity index (χ2v) is 4.42. The summed E-state index contributed by atoms with van der Waals surface area (Å²) < 4.78 is 5.27. The van der Waals surface area contributed by atoms with Crippen molar-refractivity contribution in [1.82, 2.24) is 10.1 Å². The Labute approximate surface area is 120 Å². The summed E-state index contributed by atoms with van der Waals surface area (Å²) in [6, 6.07) is 11.9. The van der Waals surface area contributed by atoms with Crippen LogP contribution in [0.15, 0.2) is 47.0 Å². The Kier molecular flexibility index (Phi) is 3.19. The van der Waals surface area contributed by atoms with E-state index in [0.717, 1.165) is 11.3 Å². The van der Waals surface area contributed by atoms with Gasteiger partial charge in [0.15, 0.2) is 11.5 Å². The lowest BCUT2D eigenvalue weighted by Crippen LogP contribution is -1.91. The van der Waals surface area contributed by atoms with Crippen LogP contribution in [0.2, 0.25) is 0 Å². The van der Waals surface area contributed by atoms with Crippen LogP contribution in [0.3, 0.4) is 0 Å². The SMILES string of the molecule is CNc1ccccc1-c1nc(-c2ccc(O)c(O)c2)no1. The van der Waals surface area contributed by atoms with Gasteiger partial charge in [0.1, 0.15) is 0 Å². The van der Waals surface area contributed by atoms with Crippen LogP contribution >= 0.6 is 0 Å². The maximum atomic E-state index is 9.52. The van der Waals surface area contributed by atoms with Gasteiger partial charge >= 0.3 is 0 Å². The summed E-state index contributed by atoms with van der Waals surface area (Å²) in [4.78, 5) is 4.32. The number of nitrogens with one attached hydrogen (secondary N) is 1. The number of hydrogen-bond donors (Lipinski definition) is 3. The highest BCUT2D eigenvalue weighted by molar-refractivity contribution is 5.73. The summed E-state index contributed by atoms with van der Waals surface area (Å²) in [6.45, 7) is 0. The molecule has 0 atom stereocenters. The zero-order valence-electron chi connectivity index (χ0n) is 11.2. The molecule has 2 aromatic carbocycles. The van der Waals surface area contributed by atoms with Crippen molar-refractivity contribution in [3.05, 3.63) is 42.5 Å². The van der Waals surface area contributed by atoms with Crippen LogP contribution < -0.4 is 5.32 Å². The minimum Gasteiger partial charge on any atom is -0.504 e. The number of phenols is 2. The molecule has 0 aliphatic carbocycles.